The van der Waals surface area contributed by atoms with Gasteiger partial charge in [0.1, 0.15) is 6.04 Å². The summed E-state index contributed by atoms with van der Waals surface area (Å²) in [4.78, 5) is 33.9. The molecular weight excluding hydrogens is 460 g/mol. The lowest BCUT2D eigenvalue weighted by molar-refractivity contribution is -0.143. The van der Waals surface area contributed by atoms with Crippen LogP contribution in [0.1, 0.15) is 72.2 Å². The van der Waals surface area contributed by atoms with Crippen molar-refractivity contribution >= 4 is 23.2 Å². The Morgan fingerprint density at radius 2 is 1.77 bits per heavy atom. The van der Waals surface area contributed by atoms with E-state index in [1.54, 1.807) is 16.2 Å². The number of hydrogen-bond donors (Lipinski definition) is 3. The Labute approximate surface area is 213 Å². The molecule has 3 rings (SSSR count). The van der Waals surface area contributed by atoms with Crippen LogP contribution in [0.5, 0.6) is 0 Å². The molecule has 3 N–H and O–H groups in total. The molecule has 2 heterocycles. The van der Waals surface area contributed by atoms with E-state index in [0.29, 0.717) is 0 Å². The van der Waals surface area contributed by atoms with Gasteiger partial charge in [-0.15, -0.1) is 11.3 Å². The predicted octanol–water partition coefficient (Wildman–Crippen LogP) is 4.06. The number of thiazole rings is 1. The zero-order chi connectivity index (χ0) is 26.1. The van der Waals surface area contributed by atoms with Crippen molar-refractivity contribution in [2.75, 3.05) is 6.54 Å². The monoisotopic (exact) mass is 500 g/mol. The first-order valence-corrected chi connectivity index (χ1v) is 13.1. The molecule has 1 saturated heterocycles. The van der Waals surface area contributed by atoms with Gasteiger partial charge in [-0.1, -0.05) is 45.0 Å². The third-order valence-electron chi connectivity index (χ3n) is 6.33. The maximum Gasteiger partial charge on any atom is 0.243 e. The molecule has 1 aromatic heterocycles. The minimum atomic E-state index is -0.720. The average Bonchev–Trinajstić information content (AvgIpc) is 3.35. The van der Waals surface area contributed by atoms with Crippen molar-refractivity contribution in [3.63, 3.8) is 0 Å². The first-order valence-electron chi connectivity index (χ1n) is 12.2. The molecule has 1 aromatic carbocycles. The summed E-state index contributed by atoms with van der Waals surface area (Å²) in [7, 11) is 0. The number of carbonyl (C=O) groups is 2. The second-order valence-electron chi connectivity index (χ2n) is 11.7. The summed E-state index contributed by atoms with van der Waals surface area (Å²) in [6.45, 7) is 16.2. The number of likely N-dealkylation sites (tertiary alicyclic amines) is 1. The number of aromatic nitrogens is 1. The third-order valence-corrected chi connectivity index (χ3v) is 7.31. The summed E-state index contributed by atoms with van der Waals surface area (Å²) in [5, 5.41) is 16.9. The van der Waals surface area contributed by atoms with Gasteiger partial charge in [-0.3, -0.25) is 9.59 Å². The number of nitrogens with zero attached hydrogens (tertiary/aromatic N) is 2. The minimum Gasteiger partial charge on any atom is -0.391 e. The smallest absolute Gasteiger partial charge is 0.243 e. The van der Waals surface area contributed by atoms with Gasteiger partial charge in [-0.2, -0.15) is 0 Å². The number of nitrogens with one attached hydrogen (secondary N) is 2. The fourth-order valence-electron chi connectivity index (χ4n) is 4.45. The van der Waals surface area contributed by atoms with E-state index in [9.17, 15) is 14.7 Å². The van der Waals surface area contributed by atoms with Crippen LogP contribution in [0.4, 0.5) is 0 Å². The average molecular weight is 501 g/mol. The van der Waals surface area contributed by atoms with Crippen LogP contribution in [0.25, 0.3) is 10.4 Å². The van der Waals surface area contributed by atoms with E-state index in [2.05, 4.69) is 15.6 Å². The molecule has 2 amide bonds. The highest BCUT2D eigenvalue weighted by Crippen LogP contribution is 2.30. The summed E-state index contributed by atoms with van der Waals surface area (Å²) >= 11 is 1.61. The summed E-state index contributed by atoms with van der Waals surface area (Å²) in [6, 6.07) is 6.68. The number of aliphatic hydroxyl groups is 1. The Hall–Kier alpha value is -2.29. The third kappa shape index (κ3) is 6.68. The van der Waals surface area contributed by atoms with Crippen molar-refractivity contribution in [3.8, 4) is 10.4 Å². The van der Waals surface area contributed by atoms with Gasteiger partial charge in [0.05, 0.1) is 34.3 Å². The highest BCUT2D eigenvalue weighted by Gasteiger charge is 2.44. The van der Waals surface area contributed by atoms with Crippen LogP contribution >= 0.6 is 11.3 Å². The number of β-amino-alcohol motifs (C(OH)–C–C–N with tert-alkyl or cyclic N) is 1. The second-order valence-corrected chi connectivity index (χ2v) is 12.6. The van der Waals surface area contributed by atoms with Crippen molar-refractivity contribution in [1.82, 2.24) is 20.5 Å². The zero-order valence-electron chi connectivity index (χ0n) is 22.2. The molecule has 4 atom stereocenters. The molecular formula is C27H40N4O3S. The van der Waals surface area contributed by atoms with Gasteiger partial charge < -0.3 is 20.6 Å². The van der Waals surface area contributed by atoms with E-state index in [1.807, 2.05) is 85.2 Å². The van der Waals surface area contributed by atoms with Crippen molar-refractivity contribution in [3.05, 3.63) is 41.0 Å². The van der Waals surface area contributed by atoms with Gasteiger partial charge in [0.15, 0.2) is 0 Å². The zero-order valence-corrected chi connectivity index (χ0v) is 23.0. The van der Waals surface area contributed by atoms with Gasteiger partial charge in [-0.05, 0) is 51.2 Å². The van der Waals surface area contributed by atoms with Crippen molar-refractivity contribution in [2.24, 2.45) is 5.41 Å². The lowest BCUT2D eigenvalue weighted by atomic mass is 9.84. The van der Waals surface area contributed by atoms with E-state index in [0.717, 1.165) is 21.7 Å². The van der Waals surface area contributed by atoms with Crippen LogP contribution in [0, 0.1) is 12.3 Å². The van der Waals surface area contributed by atoms with Gasteiger partial charge in [0.25, 0.3) is 0 Å². The number of hydrogen-bond acceptors (Lipinski definition) is 6. The van der Waals surface area contributed by atoms with E-state index in [4.69, 9.17) is 0 Å². The van der Waals surface area contributed by atoms with E-state index in [-0.39, 0.29) is 41.8 Å². The van der Waals surface area contributed by atoms with Crippen molar-refractivity contribution in [2.45, 2.75) is 91.6 Å². The number of rotatable bonds is 6. The molecule has 1 fully saturated rings. The first-order chi connectivity index (χ1) is 16.2. The molecule has 35 heavy (non-hydrogen) atoms. The predicted molar refractivity (Wildman–Crippen MR) is 141 cm³/mol. The van der Waals surface area contributed by atoms with Gasteiger partial charge >= 0.3 is 0 Å². The van der Waals surface area contributed by atoms with Gasteiger partial charge in [0, 0.05) is 18.5 Å². The molecule has 192 valence electrons. The normalized spacial score (nSPS) is 20.5. The quantitative estimate of drug-likeness (QED) is 0.556. The Balaban J connectivity index is 1.73. The Kier molecular flexibility index (Phi) is 8.09. The number of carbonyl (C=O) groups excluding carboxylic acids is 2. The van der Waals surface area contributed by atoms with E-state index in [1.165, 1.54) is 0 Å². The first kappa shape index (κ1) is 27.3. The lowest BCUT2D eigenvalue weighted by Gasteiger charge is -2.39. The fraction of sp³-hybridized carbons (Fsp3) is 0.593. The molecule has 0 aliphatic carbocycles. The van der Waals surface area contributed by atoms with Crippen LogP contribution in [0.2, 0.25) is 0 Å². The topological polar surface area (TPSA) is 94.6 Å². The van der Waals surface area contributed by atoms with Gasteiger partial charge in [-0.25, -0.2) is 4.98 Å². The lowest BCUT2D eigenvalue weighted by Crippen LogP contribution is -2.60. The standard InChI is InChI=1S/C27H40N4O3S/c1-16(18-9-11-19(12-10-18)22-17(2)28-15-35-22)29-24(33)21-13-20(32)14-31(21)25(34)23(26(3,4)5)30-27(6,7)8/h9-12,15-16,20-21,23,30,32H,13-14H2,1-8H3,(H,29,33)/t16-,20-,21-,23+/m1/s1. The number of aliphatic hydroxyl groups excluding tert-OH is 1. The summed E-state index contributed by atoms with van der Waals surface area (Å²) in [5.41, 5.74) is 4.28. The van der Waals surface area contributed by atoms with Crippen LogP contribution in [-0.4, -0.2) is 57.1 Å². The van der Waals surface area contributed by atoms with E-state index < -0.39 is 18.2 Å². The molecule has 0 spiro atoms. The van der Waals surface area contributed by atoms with Crippen LogP contribution in [-0.2, 0) is 9.59 Å². The Morgan fingerprint density at radius 3 is 2.29 bits per heavy atom. The van der Waals surface area contributed by atoms with E-state index >= 15 is 0 Å². The van der Waals surface area contributed by atoms with Crippen LogP contribution in [0.15, 0.2) is 29.8 Å². The second kappa shape index (κ2) is 10.4. The number of aryl methyl sites for hydroxylation is 1. The minimum absolute atomic E-state index is 0.152. The molecule has 0 radical (unpaired) electrons. The molecule has 0 saturated carbocycles. The highest BCUT2D eigenvalue weighted by atomic mass is 32.1. The van der Waals surface area contributed by atoms with Crippen molar-refractivity contribution < 1.29 is 14.7 Å². The Morgan fingerprint density at radius 1 is 1.14 bits per heavy atom. The molecule has 1 aliphatic rings. The molecule has 0 unspecified atom stereocenters. The van der Waals surface area contributed by atoms with Crippen molar-refractivity contribution in [1.29, 1.82) is 0 Å². The van der Waals surface area contributed by atoms with Gasteiger partial charge in [0.2, 0.25) is 11.8 Å². The fourth-order valence-corrected chi connectivity index (χ4v) is 5.26. The highest BCUT2D eigenvalue weighted by molar-refractivity contribution is 7.13. The van der Waals surface area contributed by atoms with Crippen LogP contribution < -0.4 is 10.6 Å². The SMILES string of the molecule is Cc1ncsc1-c1ccc([C@@H](C)NC(=O)[C@H]2C[C@@H](O)CN2C(=O)[C@H](NC(C)(C)C)C(C)(C)C)cc1. The molecule has 1 aliphatic heterocycles. The number of amides is 2. The summed E-state index contributed by atoms with van der Waals surface area (Å²) < 4.78 is 0. The summed E-state index contributed by atoms with van der Waals surface area (Å²) in [5.74, 6) is -0.394. The maximum atomic E-state index is 13.6. The molecule has 0 bridgehead atoms. The molecule has 8 heteroatoms. The van der Waals surface area contributed by atoms with Crippen LogP contribution in [0.3, 0.4) is 0 Å². The summed E-state index contributed by atoms with van der Waals surface area (Å²) in [6.07, 6.45) is -0.484. The maximum absolute atomic E-state index is 13.6. The molecule has 7 nitrogen and oxygen atoms in total. The number of benzene rings is 1. The Bertz CT molecular complexity index is 1040. The molecule has 2 aromatic rings. The largest absolute Gasteiger partial charge is 0.391 e.